The van der Waals surface area contributed by atoms with E-state index in [1.807, 2.05) is 30.6 Å². The van der Waals surface area contributed by atoms with Gasteiger partial charge in [0.1, 0.15) is 5.57 Å². The lowest BCUT2D eigenvalue weighted by molar-refractivity contribution is -0.122. The standard InChI is InChI=1S/C31H35N3O3/c35-28-27(15-20-10-11-33(19-20)25-4-2-1-3-5-25)29(36)34(30(37)32-28)26-8-6-24(7-9-26)31-16-21-12-22(17-31)14-23(13-21)18-31/h6-11,15,19,21-23,25H,1-5,12-14,16-18H2,(H,32,35,37)/b27-15-. The maximum Gasteiger partial charge on any atom is 0.335 e. The molecule has 4 amide bonds. The molecular formula is C31H35N3O3. The number of urea groups is 1. The summed E-state index contributed by atoms with van der Waals surface area (Å²) in [4.78, 5) is 40.0. The van der Waals surface area contributed by atoms with Crippen LogP contribution in [0.5, 0.6) is 0 Å². The highest BCUT2D eigenvalue weighted by molar-refractivity contribution is 6.39. The Hall–Kier alpha value is -3.15. The van der Waals surface area contributed by atoms with Gasteiger partial charge in [-0.1, -0.05) is 31.4 Å². The summed E-state index contributed by atoms with van der Waals surface area (Å²) in [5, 5.41) is 2.37. The zero-order chi connectivity index (χ0) is 25.1. The van der Waals surface area contributed by atoms with Crippen molar-refractivity contribution in [2.24, 2.45) is 17.8 Å². The van der Waals surface area contributed by atoms with Crippen LogP contribution in [0.1, 0.15) is 87.8 Å². The smallest absolute Gasteiger partial charge is 0.335 e. The molecule has 2 heterocycles. The zero-order valence-corrected chi connectivity index (χ0v) is 21.3. The van der Waals surface area contributed by atoms with Gasteiger partial charge in [-0.15, -0.1) is 0 Å². The number of barbiturate groups is 1. The van der Waals surface area contributed by atoms with Crippen LogP contribution >= 0.6 is 0 Å². The lowest BCUT2D eigenvalue weighted by Gasteiger charge is -2.57. The van der Waals surface area contributed by atoms with Gasteiger partial charge in [-0.25, -0.2) is 9.69 Å². The minimum atomic E-state index is -0.686. The summed E-state index contributed by atoms with van der Waals surface area (Å²) in [6, 6.07) is 9.73. The lowest BCUT2D eigenvalue weighted by atomic mass is 9.48. The molecule has 0 unspecified atom stereocenters. The second kappa shape index (κ2) is 8.71. The number of rotatable bonds is 4. The summed E-state index contributed by atoms with van der Waals surface area (Å²) in [5.74, 6) is 1.36. The van der Waals surface area contributed by atoms with E-state index in [0.717, 1.165) is 41.1 Å². The Morgan fingerprint density at radius 1 is 0.838 bits per heavy atom. The fourth-order valence-electron chi connectivity index (χ4n) is 8.61. The predicted molar refractivity (Wildman–Crippen MR) is 142 cm³/mol. The topological polar surface area (TPSA) is 71.4 Å². The van der Waals surface area contributed by atoms with E-state index in [-0.39, 0.29) is 11.0 Å². The van der Waals surface area contributed by atoms with Crippen LogP contribution in [0, 0.1) is 17.8 Å². The minimum Gasteiger partial charge on any atom is -0.351 e. The highest BCUT2D eigenvalue weighted by Crippen LogP contribution is 2.60. The fourth-order valence-corrected chi connectivity index (χ4v) is 8.61. The molecule has 1 saturated heterocycles. The Balaban J connectivity index is 1.13. The molecule has 0 radical (unpaired) electrons. The molecule has 6 aliphatic rings. The van der Waals surface area contributed by atoms with Crippen LogP contribution < -0.4 is 10.2 Å². The van der Waals surface area contributed by atoms with E-state index in [0.29, 0.717) is 11.7 Å². The molecule has 0 atom stereocenters. The molecule has 192 valence electrons. The fraction of sp³-hybridized carbons (Fsp3) is 0.516. The van der Waals surface area contributed by atoms with Crippen molar-refractivity contribution < 1.29 is 14.4 Å². The number of carbonyl (C=O) groups is 3. The quantitative estimate of drug-likeness (QED) is 0.408. The van der Waals surface area contributed by atoms with Gasteiger partial charge in [-0.3, -0.25) is 14.9 Å². The molecule has 5 aliphatic carbocycles. The van der Waals surface area contributed by atoms with Gasteiger partial charge in [0.2, 0.25) is 0 Å². The van der Waals surface area contributed by atoms with Crippen LogP contribution in [-0.4, -0.2) is 22.4 Å². The van der Waals surface area contributed by atoms with E-state index in [1.165, 1.54) is 63.4 Å². The summed E-state index contributed by atoms with van der Waals surface area (Å²) < 4.78 is 2.20. The van der Waals surface area contributed by atoms with Gasteiger partial charge < -0.3 is 4.57 Å². The molecule has 6 heteroatoms. The van der Waals surface area contributed by atoms with Crippen molar-refractivity contribution in [1.29, 1.82) is 0 Å². The summed E-state index contributed by atoms with van der Waals surface area (Å²) in [6.07, 6.45) is 19.7. The van der Waals surface area contributed by atoms with Crippen LogP contribution in [0.25, 0.3) is 6.08 Å². The van der Waals surface area contributed by atoms with Crippen molar-refractivity contribution in [1.82, 2.24) is 9.88 Å². The van der Waals surface area contributed by atoms with E-state index >= 15 is 0 Å². The number of hydrogen-bond acceptors (Lipinski definition) is 3. The average Bonchev–Trinajstić information content (AvgIpc) is 3.35. The summed E-state index contributed by atoms with van der Waals surface area (Å²) >= 11 is 0. The van der Waals surface area contributed by atoms with Crippen molar-refractivity contribution in [2.45, 2.75) is 82.1 Å². The van der Waals surface area contributed by atoms with Crippen LogP contribution in [0.3, 0.4) is 0 Å². The molecule has 5 saturated carbocycles. The Labute approximate surface area is 218 Å². The van der Waals surface area contributed by atoms with Crippen molar-refractivity contribution in [2.75, 3.05) is 4.90 Å². The minimum absolute atomic E-state index is 0.00819. The normalized spacial score (nSPS) is 32.9. The summed E-state index contributed by atoms with van der Waals surface area (Å²) in [6.45, 7) is 0. The summed E-state index contributed by atoms with van der Waals surface area (Å²) in [7, 11) is 0. The van der Waals surface area contributed by atoms with E-state index in [4.69, 9.17) is 0 Å². The van der Waals surface area contributed by atoms with Gasteiger partial charge in [-0.2, -0.15) is 0 Å². The van der Waals surface area contributed by atoms with Crippen LogP contribution in [0.15, 0.2) is 48.3 Å². The van der Waals surface area contributed by atoms with Crippen molar-refractivity contribution >= 4 is 29.6 Å². The molecule has 8 rings (SSSR count). The number of amides is 4. The number of hydrogen-bond donors (Lipinski definition) is 1. The van der Waals surface area contributed by atoms with E-state index in [2.05, 4.69) is 22.0 Å². The molecule has 37 heavy (non-hydrogen) atoms. The van der Waals surface area contributed by atoms with Gasteiger partial charge in [0.15, 0.2) is 0 Å². The van der Waals surface area contributed by atoms with Gasteiger partial charge >= 0.3 is 6.03 Å². The number of anilines is 1. The number of nitrogens with one attached hydrogen (secondary N) is 1. The first-order valence-corrected chi connectivity index (χ1v) is 14.2. The predicted octanol–water partition coefficient (Wildman–Crippen LogP) is 6.13. The zero-order valence-electron chi connectivity index (χ0n) is 21.3. The molecule has 6 nitrogen and oxygen atoms in total. The second-order valence-corrected chi connectivity index (χ2v) is 12.4. The van der Waals surface area contributed by atoms with Gasteiger partial charge in [0.25, 0.3) is 11.8 Å². The number of aromatic nitrogens is 1. The van der Waals surface area contributed by atoms with Crippen LogP contribution in [-0.2, 0) is 15.0 Å². The van der Waals surface area contributed by atoms with E-state index < -0.39 is 17.8 Å². The SMILES string of the molecule is O=C1NC(=O)N(c2ccc(C34CC5CC(CC(C5)C3)C4)cc2)C(=O)/C1=C\c1ccn(C2CCCCC2)c1. The van der Waals surface area contributed by atoms with E-state index in [1.54, 1.807) is 6.08 Å². The Kier molecular flexibility index (Phi) is 5.42. The number of carbonyl (C=O) groups excluding carboxylic acids is 3. The van der Waals surface area contributed by atoms with Gasteiger partial charge in [0.05, 0.1) is 5.69 Å². The molecule has 4 bridgehead atoms. The monoisotopic (exact) mass is 497 g/mol. The first kappa shape index (κ1) is 23.0. The number of nitrogens with zero attached hydrogens (tertiary/aromatic N) is 2. The molecule has 1 aromatic carbocycles. The van der Waals surface area contributed by atoms with Gasteiger partial charge in [-0.05, 0) is 110 Å². The maximum atomic E-state index is 13.4. The Bertz CT molecular complexity index is 1250. The molecule has 0 spiro atoms. The van der Waals surface area contributed by atoms with Gasteiger partial charge in [0, 0.05) is 18.4 Å². The first-order chi connectivity index (χ1) is 18.0. The Morgan fingerprint density at radius 3 is 2.14 bits per heavy atom. The third-order valence-electron chi connectivity index (χ3n) is 9.92. The van der Waals surface area contributed by atoms with Crippen molar-refractivity contribution in [3.8, 4) is 0 Å². The highest BCUT2D eigenvalue weighted by Gasteiger charge is 2.51. The summed E-state index contributed by atoms with van der Waals surface area (Å²) in [5.41, 5.74) is 2.90. The van der Waals surface area contributed by atoms with Crippen molar-refractivity contribution in [3.63, 3.8) is 0 Å². The third kappa shape index (κ3) is 3.96. The van der Waals surface area contributed by atoms with Crippen molar-refractivity contribution in [3.05, 3.63) is 59.4 Å². The lowest BCUT2D eigenvalue weighted by Crippen LogP contribution is -2.54. The third-order valence-corrected chi connectivity index (χ3v) is 9.92. The first-order valence-electron chi connectivity index (χ1n) is 14.2. The molecule has 6 fully saturated rings. The average molecular weight is 498 g/mol. The largest absolute Gasteiger partial charge is 0.351 e. The maximum absolute atomic E-state index is 13.4. The molecule has 2 aromatic rings. The number of imide groups is 2. The molecule has 1 aromatic heterocycles. The molecule has 1 aliphatic heterocycles. The van der Waals surface area contributed by atoms with Crippen LogP contribution in [0.2, 0.25) is 0 Å². The Morgan fingerprint density at radius 2 is 1.49 bits per heavy atom. The number of benzene rings is 1. The highest BCUT2D eigenvalue weighted by atomic mass is 16.2. The molecular weight excluding hydrogens is 462 g/mol. The van der Waals surface area contributed by atoms with E-state index in [9.17, 15) is 14.4 Å². The second-order valence-electron chi connectivity index (χ2n) is 12.4. The van der Waals surface area contributed by atoms with Crippen LogP contribution in [0.4, 0.5) is 10.5 Å². The molecule has 1 N–H and O–H groups in total.